The maximum Gasteiger partial charge on any atom is 0.263 e. The van der Waals surface area contributed by atoms with E-state index < -0.39 is 15.9 Å². The zero-order valence-corrected chi connectivity index (χ0v) is 20.8. The number of benzene rings is 2. The van der Waals surface area contributed by atoms with Crippen LogP contribution in [0.15, 0.2) is 53.7 Å². The number of nitrogens with one attached hydrogen (secondary N) is 1. The highest BCUT2D eigenvalue weighted by Gasteiger charge is 2.35. The predicted molar refractivity (Wildman–Crippen MR) is 134 cm³/mol. The van der Waals surface area contributed by atoms with Crippen molar-refractivity contribution in [2.45, 2.75) is 32.3 Å². The maximum absolute atomic E-state index is 13.6. The van der Waals surface area contributed by atoms with Crippen LogP contribution in [0, 0.1) is 25.2 Å². The normalized spacial score (nSPS) is 14.5. The van der Waals surface area contributed by atoms with Gasteiger partial charge in [0.2, 0.25) is 5.03 Å². The number of anilines is 2. The van der Waals surface area contributed by atoms with Gasteiger partial charge in [-0.25, -0.2) is 8.42 Å². The molecule has 4 rings (SSSR count). The average molecular weight is 493 g/mol. The first-order chi connectivity index (χ1) is 16.7. The molecule has 1 amide bonds. The number of rotatable bonds is 6. The summed E-state index contributed by atoms with van der Waals surface area (Å²) in [5, 5.41) is 15.7. The van der Waals surface area contributed by atoms with Crippen LogP contribution in [0.5, 0.6) is 0 Å². The van der Waals surface area contributed by atoms with Gasteiger partial charge in [0.25, 0.3) is 15.9 Å². The predicted octanol–water partition coefficient (Wildman–Crippen LogP) is 3.15. The molecule has 1 aromatic heterocycles. The Morgan fingerprint density at radius 1 is 1.09 bits per heavy atom. The van der Waals surface area contributed by atoms with E-state index in [1.165, 1.54) is 26.3 Å². The molecule has 1 saturated heterocycles. The van der Waals surface area contributed by atoms with Gasteiger partial charge in [0.05, 0.1) is 17.2 Å². The standard InChI is InChI=1S/C25H28N6O3S/c1-4-30-17-22(24(32)27-21-10-8-20(16-26)9-11-21)25(28-30)35(33,34)31-14-12-29(13-15-31)23-7-5-6-18(2)19(23)3/h5-11,17H,4,12-15H2,1-3H3,(H,27,32). The second kappa shape index (κ2) is 9.90. The first-order valence-electron chi connectivity index (χ1n) is 11.4. The highest BCUT2D eigenvalue weighted by molar-refractivity contribution is 7.89. The summed E-state index contributed by atoms with van der Waals surface area (Å²) < 4.78 is 30.0. The van der Waals surface area contributed by atoms with Gasteiger partial charge >= 0.3 is 0 Å². The number of hydrogen-bond donors (Lipinski definition) is 1. The molecule has 0 bridgehead atoms. The van der Waals surface area contributed by atoms with E-state index in [0.717, 1.165) is 5.69 Å². The van der Waals surface area contributed by atoms with Crippen molar-refractivity contribution >= 4 is 27.3 Å². The Hall–Kier alpha value is -3.68. The molecule has 1 aliphatic rings. The monoisotopic (exact) mass is 492 g/mol. The van der Waals surface area contributed by atoms with Crippen molar-refractivity contribution in [1.82, 2.24) is 14.1 Å². The van der Waals surface area contributed by atoms with Gasteiger partial charge in [-0.15, -0.1) is 0 Å². The Balaban J connectivity index is 1.55. The van der Waals surface area contributed by atoms with Crippen LogP contribution >= 0.6 is 0 Å². The van der Waals surface area contributed by atoms with Crippen molar-refractivity contribution in [3.05, 3.63) is 70.9 Å². The van der Waals surface area contributed by atoms with Gasteiger partial charge in [0, 0.05) is 50.3 Å². The molecule has 0 unspecified atom stereocenters. The minimum atomic E-state index is -3.98. The fourth-order valence-corrected chi connectivity index (χ4v) is 5.63. The minimum absolute atomic E-state index is 0.00633. The zero-order chi connectivity index (χ0) is 25.2. The number of nitriles is 1. The topological polar surface area (TPSA) is 111 Å². The summed E-state index contributed by atoms with van der Waals surface area (Å²) in [6, 6.07) is 14.5. The van der Waals surface area contributed by atoms with Crippen molar-refractivity contribution in [2.75, 3.05) is 36.4 Å². The largest absolute Gasteiger partial charge is 0.369 e. The number of hydrogen-bond acceptors (Lipinski definition) is 6. The molecule has 182 valence electrons. The van der Waals surface area contributed by atoms with E-state index in [1.807, 2.05) is 19.1 Å². The van der Waals surface area contributed by atoms with Gasteiger partial charge in [0.1, 0.15) is 0 Å². The third kappa shape index (κ3) is 4.92. The second-order valence-electron chi connectivity index (χ2n) is 8.46. The Kier molecular flexibility index (Phi) is 6.91. The van der Waals surface area contributed by atoms with E-state index in [9.17, 15) is 13.2 Å². The fourth-order valence-electron chi connectivity index (χ4n) is 4.11. The Labute approximate surface area is 205 Å². The maximum atomic E-state index is 13.6. The third-order valence-electron chi connectivity index (χ3n) is 6.31. The third-order valence-corrected chi connectivity index (χ3v) is 8.14. The zero-order valence-electron chi connectivity index (χ0n) is 20.0. The summed E-state index contributed by atoms with van der Waals surface area (Å²) in [5.41, 5.74) is 4.41. The molecule has 3 aromatic rings. The van der Waals surface area contributed by atoms with Gasteiger partial charge in [-0.05, 0) is 62.2 Å². The highest BCUT2D eigenvalue weighted by atomic mass is 32.2. The van der Waals surface area contributed by atoms with E-state index in [2.05, 4.69) is 41.3 Å². The SMILES string of the molecule is CCn1cc(C(=O)Nc2ccc(C#N)cc2)c(S(=O)(=O)N2CCN(c3cccc(C)c3C)CC2)n1. The summed E-state index contributed by atoms with van der Waals surface area (Å²) in [7, 11) is -3.98. The summed E-state index contributed by atoms with van der Waals surface area (Å²) in [4.78, 5) is 15.2. The first kappa shape index (κ1) is 24.4. The molecule has 2 aromatic carbocycles. The number of amides is 1. The number of piperazine rings is 1. The van der Waals surface area contributed by atoms with Gasteiger partial charge in [0.15, 0.2) is 0 Å². The molecule has 0 aliphatic carbocycles. The minimum Gasteiger partial charge on any atom is -0.369 e. The van der Waals surface area contributed by atoms with Crippen molar-refractivity contribution in [2.24, 2.45) is 0 Å². The summed E-state index contributed by atoms with van der Waals surface area (Å²) in [6.45, 7) is 8.08. The van der Waals surface area contributed by atoms with Gasteiger partial charge in [-0.2, -0.15) is 14.7 Å². The molecule has 10 heteroatoms. The molecule has 1 aliphatic heterocycles. The summed E-state index contributed by atoms with van der Waals surface area (Å²) in [5.74, 6) is -0.568. The van der Waals surface area contributed by atoms with Crippen LogP contribution in [0.4, 0.5) is 11.4 Å². The lowest BCUT2D eigenvalue weighted by atomic mass is 10.1. The van der Waals surface area contributed by atoms with Crippen molar-refractivity contribution in [3.63, 3.8) is 0 Å². The van der Waals surface area contributed by atoms with Crippen molar-refractivity contribution in [3.8, 4) is 6.07 Å². The molecular weight excluding hydrogens is 464 g/mol. The average Bonchev–Trinajstić information content (AvgIpc) is 3.32. The van der Waals surface area contributed by atoms with E-state index in [4.69, 9.17) is 5.26 Å². The van der Waals surface area contributed by atoms with Gasteiger partial charge in [-0.3, -0.25) is 9.48 Å². The molecule has 0 spiro atoms. The number of aryl methyl sites for hydroxylation is 2. The number of sulfonamides is 1. The lowest BCUT2D eigenvalue weighted by Crippen LogP contribution is -2.49. The number of nitrogens with zero attached hydrogens (tertiary/aromatic N) is 5. The van der Waals surface area contributed by atoms with Crippen LogP contribution in [0.1, 0.15) is 34.0 Å². The number of carbonyl (C=O) groups excluding carboxylic acids is 1. The Morgan fingerprint density at radius 3 is 2.40 bits per heavy atom. The van der Waals surface area contributed by atoms with Gasteiger partial charge in [-0.1, -0.05) is 12.1 Å². The van der Waals surface area contributed by atoms with Crippen molar-refractivity contribution in [1.29, 1.82) is 5.26 Å². The lowest BCUT2D eigenvalue weighted by Gasteiger charge is -2.36. The lowest BCUT2D eigenvalue weighted by molar-refractivity contribution is 0.102. The van der Waals surface area contributed by atoms with Crippen LogP contribution in [0.3, 0.4) is 0 Å². The van der Waals surface area contributed by atoms with Crippen LogP contribution in [-0.4, -0.2) is 54.6 Å². The fraction of sp³-hybridized carbons (Fsp3) is 0.320. The number of carbonyl (C=O) groups is 1. The van der Waals surface area contributed by atoms with Crippen molar-refractivity contribution < 1.29 is 13.2 Å². The van der Waals surface area contributed by atoms with Crippen LogP contribution in [0.25, 0.3) is 0 Å². The summed E-state index contributed by atoms with van der Waals surface area (Å²) in [6.07, 6.45) is 1.46. The molecule has 0 atom stereocenters. The first-order valence-corrected chi connectivity index (χ1v) is 12.9. The summed E-state index contributed by atoms with van der Waals surface area (Å²) >= 11 is 0. The molecule has 0 saturated carbocycles. The quantitative estimate of drug-likeness (QED) is 0.566. The van der Waals surface area contributed by atoms with Crippen LogP contribution in [0.2, 0.25) is 0 Å². The molecule has 2 heterocycles. The molecule has 35 heavy (non-hydrogen) atoms. The van der Waals surface area contributed by atoms with Crippen LogP contribution in [-0.2, 0) is 16.6 Å². The molecule has 0 radical (unpaired) electrons. The van der Waals surface area contributed by atoms with E-state index >= 15 is 0 Å². The smallest absolute Gasteiger partial charge is 0.263 e. The Bertz CT molecular complexity index is 1380. The van der Waals surface area contributed by atoms with E-state index in [0.29, 0.717) is 44.0 Å². The van der Waals surface area contributed by atoms with Gasteiger partial charge < -0.3 is 10.2 Å². The Morgan fingerprint density at radius 2 is 1.77 bits per heavy atom. The van der Waals surface area contributed by atoms with Crippen LogP contribution < -0.4 is 10.2 Å². The molecule has 1 fully saturated rings. The second-order valence-corrected chi connectivity index (χ2v) is 10.3. The van der Waals surface area contributed by atoms with E-state index in [-0.39, 0.29) is 10.6 Å². The molecular formula is C25H28N6O3S. The molecule has 1 N–H and O–H groups in total. The number of aromatic nitrogens is 2. The van der Waals surface area contributed by atoms with E-state index in [1.54, 1.807) is 24.3 Å². The highest BCUT2D eigenvalue weighted by Crippen LogP contribution is 2.26. The molecule has 9 nitrogen and oxygen atoms in total.